The summed E-state index contributed by atoms with van der Waals surface area (Å²) in [6.07, 6.45) is 0. The standard InChI is InChI=1S/C7H8Cl2O3PS/c8-6-2-1-5(7(9)3-6)4-14-13(10,11)12/h1-3,10-12H,4H2/q+1. The van der Waals surface area contributed by atoms with Crippen LogP contribution in [0.4, 0.5) is 0 Å². The molecular formula is C7H8Cl2O3PS+. The van der Waals surface area contributed by atoms with Crippen LogP contribution in [0.2, 0.25) is 10.0 Å². The number of halogens is 2. The summed E-state index contributed by atoms with van der Waals surface area (Å²) in [6, 6.07) is 4.88. The van der Waals surface area contributed by atoms with Gasteiger partial charge in [-0.2, -0.15) is 0 Å². The lowest BCUT2D eigenvalue weighted by molar-refractivity contribution is 0.363. The zero-order valence-corrected chi connectivity index (χ0v) is 10.1. The fraction of sp³-hybridized carbons (Fsp3) is 0.143. The summed E-state index contributed by atoms with van der Waals surface area (Å²) in [6.45, 7) is -3.79. The molecule has 0 aromatic heterocycles. The fourth-order valence-corrected chi connectivity index (χ4v) is 2.85. The topological polar surface area (TPSA) is 60.7 Å². The van der Waals surface area contributed by atoms with E-state index in [9.17, 15) is 0 Å². The molecule has 14 heavy (non-hydrogen) atoms. The molecular weight excluding hydrogens is 266 g/mol. The van der Waals surface area contributed by atoms with Gasteiger partial charge in [-0.25, -0.2) is 0 Å². The number of benzene rings is 1. The van der Waals surface area contributed by atoms with E-state index in [-0.39, 0.29) is 5.75 Å². The van der Waals surface area contributed by atoms with Crippen LogP contribution in [0.3, 0.4) is 0 Å². The van der Waals surface area contributed by atoms with Crippen LogP contribution in [0.5, 0.6) is 0 Å². The summed E-state index contributed by atoms with van der Waals surface area (Å²) in [5, 5.41) is 0.959. The molecule has 3 N–H and O–H groups in total. The average molecular weight is 274 g/mol. The van der Waals surface area contributed by atoms with Crippen molar-refractivity contribution in [1.29, 1.82) is 0 Å². The van der Waals surface area contributed by atoms with E-state index in [4.69, 9.17) is 37.9 Å². The first kappa shape index (κ1) is 12.4. The summed E-state index contributed by atoms with van der Waals surface area (Å²) >= 11 is 11.5. The van der Waals surface area contributed by atoms with Crippen molar-refractivity contribution in [2.24, 2.45) is 0 Å². The van der Waals surface area contributed by atoms with E-state index in [0.29, 0.717) is 26.5 Å². The van der Waals surface area contributed by atoms with E-state index in [1.165, 1.54) is 0 Å². The molecule has 0 spiro atoms. The molecule has 0 saturated carbocycles. The molecule has 0 fully saturated rings. The van der Waals surface area contributed by atoms with Crippen LogP contribution in [-0.2, 0) is 16.7 Å². The molecule has 0 unspecified atom stereocenters. The molecule has 0 saturated heterocycles. The third-order valence-electron chi connectivity index (χ3n) is 1.41. The molecule has 3 nitrogen and oxygen atoms in total. The van der Waals surface area contributed by atoms with Crippen molar-refractivity contribution in [3.63, 3.8) is 0 Å². The predicted octanol–water partition coefficient (Wildman–Crippen LogP) is 2.23. The molecule has 7 heteroatoms. The molecule has 0 radical (unpaired) electrons. The minimum atomic E-state index is -3.79. The Balaban J connectivity index is 2.89. The van der Waals surface area contributed by atoms with E-state index in [0.717, 1.165) is 0 Å². The molecule has 1 aromatic rings. The van der Waals surface area contributed by atoms with E-state index >= 15 is 0 Å². The zero-order chi connectivity index (χ0) is 10.8. The van der Waals surface area contributed by atoms with Gasteiger partial charge in [0.05, 0.1) is 5.02 Å². The molecule has 0 heterocycles. The van der Waals surface area contributed by atoms with Crippen molar-refractivity contribution >= 4 is 40.9 Å². The Kier molecular flexibility index (Phi) is 4.34. The van der Waals surface area contributed by atoms with Gasteiger partial charge in [0.1, 0.15) is 0 Å². The molecule has 0 aliphatic heterocycles. The molecule has 1 aromatic carbocycles. The zero-order valence-electron chi connectivity index (χ0n) is 6.89. The lowest BCUT2D eigenvalue weighted by Crippen LogP contribution is -1.86. The Hall–Kier alpha value is 0.330. The quantitative estimate of drug-likeness (QED) is 0.572. The monoisotopic (exact) mass is 273 g/mol. The lowest BCUT2D eigenvalue weighted by atomic mass is 10.2. The first-order valence-electron chi connectivity index (χ1n) is 3.54. The van der Waals surface area contributed by atoms with Gasteiger partial charge in [0.25, 0.3) is 0 Å². The maximum Gasteiger partial charge on any atom is 0.515 e. The van der Waals surface area contributed by atoms with Gasteiger partial charge in [-0.15, -0.1) is 0 Å². The number of hydrogen-bond acceptors (Lipinski definition) is 0. The third-order valence-corrected chi connectivity index (χ3v) is 4.21. The van der Waals surface area contributed by atoms with Crippen molar-refractivity contribution < 1.29 is 14.7 Å². The van der Waals surface area contributed by atoms with E-state index in [1.807, 2.05) is 0 Å². The van der Waals surface area contributed by atoms with Gasteiger partial charge >= 0.3 is 6.72 Å². The second kappa shape index (κ2) is 4.90. The Morgan fingerprint density at radius 2 is 1.86 bits per heavy atom. The van der Waals surface area contributed by atoms with Crippen molar-refractivity contribution in [2.45, 2.75) is 5.75 Å². The first-order chi connectivity index (χ1) is 6.38. The molecule has 0 bridgehead atoms. The highest BCUT2D eigenvalue weighted by atomic mass is 35.5. The van der Waals surface area contributed by atoms with E-state index in [2.05, 4.69) is 0 Å². The van der Waals surface area contributed by atoms with Crippen LogP contribution in [0, 0.1) is 0 Å². The normalized spacial score (nSPS) is 11.5. The van der Waals surface area contributed by atoms with E-state index in [1.54, 1.807) is 18.2 Å². The second-order valence-electron chi connectivity index (χ2n) is 2.52. The highest BCUT2D eigenvalue weighted by molar-refractivity contribution is 8.16. The highest BCUT2D eigenvalue weighted by Crippen LogP contribution is 2.33. The Morgan fingerprint density at radius 1 is 1.21 bits per heavy atom. The summed E-state index contributed by atoms with van der Waals surface area (Å²) < 4.78 is 0. The number of hydrogen-bond donors (Lipinski definition) is 3. The second-order valence-corrected chi connectivity index (χ2v) is 7.18. The Labute approximate surface area is 95.1 Å². The smallest absolute Gasteiger partial charge is 0.290 e. The predicted molar refractivity (Wildman–Crippen MR) is 61.1 cm³/mol. The molecule has 78 valence electrons. The fourth-order valence-electron chi connectivity index (χ4n) is 0.795. The average Bonchev–Trinajstić information content (AvgIpc) is 2.00. The lowest BCUT2D eigenvalue weighted by Gasteiger charge is -1.96. The SMILES string of the molecule is OP(O)(O)=[S+]Cc1ccc(Cl)cc1Cl. The van der Waals surface area contributed by atoms with Gasteiger partial charge < -0.3 is 0 Å². The first-order valence-corrected chi connectivity index (χ1v) is 7.53. The summed E-state index contributed by atoms with van der Waals surface area (Å²) in [4.78, 5) is 26.2. The van der Waals surface area contributed by atoms with Crippen LogP contribution >= 0.6 is 29.9 Å². The summed E-state index contributed by atoms with van der Waals surface area (Å²) in [5.41, 5.74) is 0.697. The van der Waals surface area contributed by atoms with Gasteiger partial charge in [-0.3, -0.25) is 14.7 Å². The van der Waals surface area contributed by atoms with Crippen LogP contribution < -0.4 is 0 Å². The minimum absolute atomic E-state index is 0.229. The van der Waals surface area contributed by atoms with Crippen molar-refractivity contribution in [3.05, 3.63) is 33.8 Å². The van der Waals surface area contributed by atoms with E-state index < -0.39 is 6.72 Å². The summed E-state index contributed by atoms with van der Waals surface area (Å²) in [5.74, 6) is 0.229. The molecule has 0 aliphatic rings. The third kappa shape index (κ3) is 4.24. The van der Waals surface area contributed by atoms with Crippen LogP contribution in [0.1, 0.15) is 5.56 Å². The maximum atomic E-state index is 8.74. The van der Waals surface area contributed by atoms with Gasteiger partial charge in [0.15, 0.2) is 0 Å². The summed E-state index contributed by atoms with van der Waals surface area (Å²) in [7, 11) is 0.657. The van der Waals surface area contributed by atoms with Gasteiger partial charge in [-0.05, 0) is 12.1 Å². The molecule has 0 amide bonds. The van der Waals surface area contributed by atoms with Gasteiger partial charge in [0, 0.05) is 10.6 Å². The van der Waals surface area contributed by atoms with Crippen molar-refractivity contribution in [2.75, 3.05) is 0 Å². The maximum absolute atomic E-state index is 8.74. The largest absolute Gasteiger partial charge is 0.515 e. The Bertz CT molecular complexity index is 382. The van der Waals surface area contributed by atoms with Crippen LogP contribution in [-0.4, -0.2) is 14.7 Å². The van der Waals surface area contributed by atoms with Crippen LogP contribution in [0.15, 0.2) is 18.2 Å². The molecule has 0 atom stereocenters. The minimum Gasteiger partial charge on any atom is -0.290 e. The molecule has 0 aliphatic carbocycles. The Morgan fingerprint density at radius 3 is 2.36 bits per heavy atom. The number of rotatable bonds is 2. The van der Waals surface area contributed by atoms with Gasteiger partial charge in [-0.1, -0.05) is 29.3 Å². The van der Waals surface area contributed by atoms with Crippen molar-refractivity contribution in [1.82, 2.24) is 0 Å². The van der Waals surface area contributed by atoms with Gasteiger partial charge in [0.2, 0.25) is 16.7 Å². The molecule has 1 rings (SSSR count). The van der Waals surface area contributed by atoms with Crippen molar-refractivity contribution in [3.8, 4) is 0 Å². The highest BCUT2D eigenvalue weighted by Gasteiger charge is 2.19. The van der Waals surface area contributed by atoms with Crippen LogP contribution in [0.25, 0.3) is 0 Å².